The molecule has 0 aromatic heterocycles. The summed E-state index contributed by atoms with van der Waals surface area (Å²) in [7, 11) is 0. The normalized spacial score (nSPS) is 20.5. The summed E-state index contributed by atoms with van der Waals surface area (Å²) in [6.07, 6.45) is 14.5. The Bertz CT molecular complexity index is 406. The molecule has 0 saturated heterocycles. The summed E-state index contributed by atoms with van der Waals surface area (Å²) in [6, 6.07) is 0. The van der Waals surface area contributed by atoms with E-state index < -0.39 is 0 Å². The fourth-order valence-electron chi connectivity index (χ4n) is 2.33. The van der Waals surface area contributed by atoms with Gasteiger partial charge in [-0.1, -0.05) is 75.4 Å². The van der Waals surface area contributed by atoms with Crippen LogP contribution in [0.15, 0.2) is 21.9 Å². The first kappa shape index (κ1) is 16.9. The average molecular weight is 327 g/mol. The van der Waals surface area contributed by atoms with E-state index in [2.05, 4.69) is 16.9 Å². The fraction of sp³-hybridized carbons (Fsp3) is 0.733. The zero-order chi connectivity index (χ0) is 14.9. The highest BCUT2D eigenvalue weighted by Gasteiger charge is 2.26. The van der Waals surface area contributed by atoms with Crippen LogP contribution in [0.3, 0.4) is 0 Å². The molecule has 21 heavy (non-hydrogen) atoms. The van der Waals surface area contributed by atoms with E-state index in [1.165, 1.54) is 56.4 Å². The number of aliphatic imine (C=N–C) groups is 2. The Morgan fingerprint density at radius 1 is 1.19 bits per heavy atom. The first-order chi connectivity index (χ1) is 10.3. The number of nitrogens with zero attached hydrogens (tertiary/aromatic N) is 3. The Balaban J connectivity index is 1.51. The standard InChI is InChI=1S/C15H26N4S2/c1-2-3-4-5-6-7-8-9-10-20-15-18-13-11-19(16)12-17-14(13)21-15/h11-12,14H,2-10,16H2,1H3. The summed E-state index contributed by atoms with van der Waals surface area (Å²) < 4.78 is 1.14. The van der Waals surface area contributed by atoms with Crippen LogP contribution in [0.2, 0.25) is 0 Å². The van der Waals surface area contributed by atoms with Crippen molar-refractivity contribution in [3.63, 3.8) is 0 Å². The molecule has 0 aromatic carbocycles. The van der Waals surface area contributed by atoms with Crippen molar-refractivity contribution in [2.75, 3.05) is 5.75 Å². The number of thioether (sulfide) groups is 2. The number of fused-ring (bicyclic) bond motifs is 1. The molecule has 2 aliphatic heterocycles. The van der Waals surface area contributed by atoms with Crippen LogP contribution in [0.1, 0.15) is 58.3 Å². The molecular weight excluding hydrogens is 300 g/mol. The van der Waals surface area contributed by atoms with Gasteiger partial charge in [-0.05, 0) is 6.42 Å². The first-order valence-corrected chi connectivity index (χ1v) is 9.82. The Hall–Kier alpha value is -0.460. The monoisotopic (exact) mass is 326 g/mol. The van der Waals surface area contributed by atoms with Gasteiger partial charge in [-0.2, -0.15) is 0 Å². The van der Waals surface area contributed by atoms with Crippen LogP contribution in [0, 0.1) is 0 Å². The van der Waals surface area contributed by atoms with E-state index in [0.717, 1.165) is 15.8 Å². The molecular formula is C15H26N4S2. The number of hydrogen-bond donors (Lipinski definition) is 1. The summed E-state index contributed by atoms with van der Waals surface area (Å²) in [5, 5.41) is 1.60. The molecule has 6 heteroatoms. The highest BCUT2D eigenvalue weighted by Crippen LogP contribution is 2.37. The Morgan fingerprint density at radius 2 is 1.90 bits per heavy atom. The predicted molar refractivity (Wildman–Crippen MR) is 96.5 cm³/mol. The second-order valence-corrected chi connectivity index (χ2v) is 7.85. The van der Waals surface area contributed by atoms with Crippen LogP contribution >= 0.6 is 23.5 Å². The van der Waals surface area contributed by atoms with Crippen molar-refractivity contribution < 1.29 is 0 Å². The molecule has 1 unspecified atom stereocenters. The SMILES string of the molecule is CCCCCCCCCCSC1=NC2=CN(N)C=NC2S1. The minimum absolute atomic E-state index is 0.130. The van der Waals surface area contributed by atoms with Gasteiger partial charge in [0.05, 0.1) is 5.70 Å². The van der Waals surface area contributed by atoms with Crippen molar-refractivity contribution >= 4 is 34.2 Å². The van der Waals surface area contributed by atoms with Crippen molar-refractivity contribution in [2.45, 2.75) is 63.7 Å². The van der Waals surface area contributed by atoms with Gasteiger partial charge in [0, 0.05) is 12.0 Å². The Morgan fingerprint density at radius 3 is 2.67 bits per heavy atom. The molecule has 4 nitrogen and oxygen atoms in total. The van der Waals surface area contributed by atoms with E-state index in [0.29, 0.717) is 0 Å². The third kappa shape index (κ3) is 6.04. The molecule has 0 fully saturated rings. The first-order valence-electron chi connectivity index (χ1n) is 7.96. The van der Waals surface area contributed by atoms with E-state index in [1.54, 1.807) is 18.1 Å². The van der Waals surface area contributed by atoms with E-state index >= 15 is 0 Å². The van der Waals surface area contributed by atoms with Gasteiger partial charge in [0.1, 0.15) is 16.1 Å². The number of hydrogen-bond acceptors (Lipinski definition) is 6. The van der Waals surface area contributed by atoms with E-state index in [4.69, 9.17) is 5.84 Å². The maximum Gasteiger partial charge on any atom is 0.147 e. The lowest BCUT2D eigenvalue weighted by Crippen LogP contribution is -2.27. The molecule has 0 aliphatic carbocycles. The molecule has 0 amide bonds. The second-order valence-electron chi connectivity index (χ2n) is 5.44. The third-order valence-electron chi connectivity index (χ3n) is 3.53. The third-order valence-corrected chi connectivity index (χ3v) is 5.88. The summed E-state index contributed by atoms with van der Waals surface area (Å²) in [4.78, 5) is 8.96. The van der Waals surface area contributed by atoms with Crippen LogP contribution in [-0.2, 0) is 0 Å². The van der Waals surface area contributed by atoms with Gasteiger partial charge in [-0.3, -0.25) is 10.0 Å². The quantitative estimate of drug-likeness (QED) is 0.505. The predicted octanol–water partition coefficient (Wildman–Crippen LogP) is 4.35. The van der Waals surface area contributed by atoms with Gasteiger partial charge < -0.3 is 0 Å². The van der Waals surface area contributed by atoms with Gasteiger partial charge in [0.15, 0.2) is 0 Å². The van der Waals surface area contributed by atoms with E-state index in [1.807, 2.05) is 18.0 Å². The number of rotatable bonds is 9. The fourth-order valence-corrected chi connectivity index (χ4v) is 4.51. The topological polar surface area (TPSA) is 54.0 Å². The van der Waals surface area contributed by atoms with Crippen LogP contribution in [0.4, 0.5) is 0 Å². The molecule has 1 atom stereocenters. The zero-order valence-corrected chi connectivity index (χ0v) is 14.5. The molecule has 2 heterocycles. The molecule has 0 aromatic rings. The maximum atomic E-state index is 5.66. The molecule has 2 N–H and O–H groups in total. The number of hydrazine groups is 1. The minimum atomic E-state index is 0.130. The summed E-state index contributed by atoms with van der Waals surface area (Å²) >= 11 is 3.60. The highest BCUT2D eigenvalue weighted by atomic mass is 32.2. The lowest BCUT2D eigenvalue weighted by atomic mass is 10.1. The van der Waals surface area contributed by atoms with Crippen LogP contribution < -0.4 is 5.84 Å². The number of nitrogens with two attached hydrogens (primary N) is 1. The van der Waals surface area contributed by atoms with Gasteiger partial charge >= 0.3 is 0 Å². The highest BCUT2D eigenvalue weighted by molar-refractivity contribution is 8.39. The minimum Gasteiger partial charge on any atom is -0.274 e. The molecule has 0 radical (unpaired) electrons. The van der Waals surface area contributed by atoms with Crippen LogP contribution in [-0.4, -0.2) is 26.8 Å². The molecule has 2 aliphatic rings. The summed E-state index contributed by atoms with van der Waals surface area (Å²) in [6.45, 7) is 2.27. The lowest BCUT2D eigenvalue weighted by molar-refractivity contribution is 0.586. The van der Waals surface area contributed by atoms with Crippen molar-refractivity contribution in [3.05, 3.63) is 11.9 Å². The van der Waals surface area contributed by atoms with E-state index in [9.17, 15) is 0 Å². The molecule has 2 rings (SSSR count). The van der Waals surface area contributed by atoms with Gasteiger partial charge in [0.2, 0.25) is 0 Å². The molecule has 0 saturated carbocycles. The largest absolute Gasteiger partial charge is 0.274 e. The summed E-state index contributed by atoms with van der Waals surface area (Å²) in [5.74, 6) is 6.82. The van der Waals surface area contributed by atoms with Crippen molar-refractivity contribution in [1.29, 1.82) is 0 Å². The van der Waals surface area contributed by atoms with Crippen molar-refractivity contribution in [2.24, 2.45) is 15.8 Å². The van der Waals surface area contributed by atoms with Crippen LogP contribution in [0.25, 0.3) is 0 Å². The van der Waals surface area contributed by atoms with Crippen LogP contribution in [0.5, 0.6) is 0 Å². The Labute approximate surface area is 136 Å². The zero-order valence-electron chi connectivity index (χ0n) is 12.8. The molecule has 0 bridgehead atoms. The number of unbranched alkanes of at least 4 members (excludes halogenated alkanes) is 7. The smallest absolute Gasteiger partial charge is 0.147 e. The molecule has 0 spiro atoms. The lowest BCUT2D eigenvalue weighted by Gasteiger charge is -2.14. The van der Waals surface area contributed by atoms with Crippen molar-refractivity contribution in [3.8, 4) is 0 Å². The second kappa shape index (κ2) is 9.54. The Kier molecular flexibility index (Phi) is 7.68. The van der Waals surface area contributed by atoms with Gasteiger partial charge in [-0.15, -0.1) is 0 Å². The summed E-state index contributed by atoms with van der Waals surface area (Å²) in [5.41, 5.74) is 0.975. The van der Waals surface area contributed by atoms with Gasteiger partial charge in [0.25, 0.3) is 0 Å². The van der Waals surface area contributed by atoms with E-state index in [-0.39, 0.29) is 5.37 Å². The average Bonchev–Trinajstić information content (AvgIpc) is 2.87. The van der Waals surface area contributed by atoms with Gasteiger partial charge in [-0.25, -0.2) is 10.8 Å². The molecule has 118 valence electrons. The van der Waals surface area contributed by atoms with Crippen molar-refractivity contribution in [1.82, 2.24) is 5.01 Å². The maximum absolute atomic E-state index is 5.66.